The number of hydrogen-bond donors (Lipinski definition) is 1. The highest BCUT2D eigenvalue weighted by molar-refractivity contribution is 5.99. The molecule has 0 saturated heterocycles. The molecular weight excluding hydrogens is 275 g/mol. The van der Waals surface area contributed by atoms with Gasteiger partial charge in [0.05, 0.1) is 0 Å². The average Bonchev–Trinajstić information content (AvgIpc) is 2.47. The number of Topliss-reactive ketones (excluding diaryl/α,β-unsaturated/α-hetero) is 1. The molecule has 0 atom stereocenters. The van der Waals surface area contributed by atoms with Crippen LogP contribution in [-0.4, -0.2) is 23.5 Å². The SMILES string of the molecule is Cc1ccc(O)c(C(=O)OCC(=O)c2ccc(F)cc2)c1. The third-order valence-electron chi connectivity index (χ3n) is 2.87. The fourth-order valence-electron chi connectivity index (χ4n) is 1.74. The number of phenols is 1. The summed E-state index contributed by atoms with van der Waals surface area (Å²) < 4.78 is 17.6. The number of benzene rings is 2. The molecule has 108 valence electrons. The number of halogens is 1. The predicted octanol–water partition coefficient (Wildman–Crippen LogP) is 2.88. The molecule has 0 unspecified atom stereocenters. The number of carbonyl (C=O) groups excluding carboxylic acids is 2. The number of hydrogen-bond acceptors (Lipinski definition) is 4. The monoisotopic (exact) mass is 288 g/mol. The number of carbonyl (C=O) groups is 2. The Morgan fingerprint density at radius 1 is 1.14 bits per heavy atom. The zero-order valence-corrected chi connectivity index (χ0v) is 11.3. The molecule has 0 spiro atoms. The van der Waals surface area contributed by atoms with Crippen molar-refractivity contribution in [2.24, 2.45) is 0 Å². The Morgan fingerprint density at radius 3 is 2.48 bits per heavy atom. The number of phenolic OH excluding ortho intramolecular Hbond substituents is 1. The van der Waals surface area contributed by atoms with Crippen LogP contribution in [0.15, 0.2) is 42.5 Å². The fourth-order valence-corrected chi connectivity index (χ4v) is 1.74. The third-order valence-corrected chi connectivity index (χ3v) is 2.87. The van der Waals surface area contributed by atoms with Crippen molar-refractivity contribution in [1.29, 1.82) is 0 Å². The minimum Gasteiger partial charge on any atom is -0.507 e. The standard InChI is InChI=1S/C16H13FO4/c1-10-2-7-14(18)13(8-10)16(20)21-9-15(19)11-3-5-12(17)6-4-11/h2-8,18H,9H2,1H3. The average molecular weight is 288 g/mol. The van der Waals surface area contributed by atoms with Crippen molar-refractivity contribution in [2.75, 3.05) is 6.61 Å². The topological polar surface area (TPSA) is 63.6 Å². The van der Waals surface area contributed by atoms with E-state index in [0.717, 1.165) is 17.7 Å². The van der Waals surface area contributed by atoms with Crippen molar-refractivity contribution < 1.29 is 23.8 Å². The van der Waals surface area contributed by atoms with Gasteiger partial charge in [0.15, 0.2) is 12.4 Å². The lowest BCUT2D eigenvalue weighted by molar-refractivity contribution is 0.0471. The highest BCUT2D eigenvalue weighted by Gasteiger charge is 2.15. The Hall–Kier alpha value is -2.69. The highest BCUT2D eigenvalue weighted by Crippen LogP contribution is 2.19. The van der Waals surface area contributed by atoms with Gasteiger partial charge in [-0.25, -0.2) is 9.18 Å². The Balaban J connectivity index is 2.02. The largest absolute Gasteiger partial charge is 0.507 e. The molecule has 2 rings (SSSR count). The molecule has 0 amide bonds. The van der Waals surface area contributed by atoms with Crippen molar-refractivity contribution in [3.8, 4) is 5.75 Å². The molecule has 0 radical (unpaired) electrons. The first-order valence-electron chi connectivity index (χ1n) is 6.23. The number of ether oxygens (including phenoxy) is 1. The van der Waals surface area contributed by atoms with Crippen LogP contribution in [0.1, 0.15) is 26.3 Å². The Kier molecular flexibility index (Phi) is 4.33. The van der Waals surface area contributed by atoms with E-state index in [1.165, 1.54) is 24.3 Å². The van der Waals surface area contributed by atoms with Crippen LogP contribution in [0.5, 0.6) is 5.75 Å². The van der Waals surface area contributed by atoms with Crippen LogP contribution in [0.3, 0.4) is 0 Å². The second-order valence-corrected chi connectivity index (χ2v) is 4.53. The van der Waals surface area contributed by atoms with Gasteiger partial charge >= 0.3 is 5.97 Å². The van der Waals surface area contributed by atoms with Crippen LogP contribution in [0, 0.1) is 12.7 Å². The molecule has 0 bridgehead atoms. The minimum absolute atomic E-state index is 0.00176. The van der Waals surface area contributed by atoms with E-state index in [0.29, 0.717) is 0 Å². The zero-order chi connectivity index (χ0) is 15.4. The second kappa shape index (κ2) is 6.17. The summed E-state index contributed by atoms with van der Waals surface area (Å²) in [5.74, 6) is -1.89. The lowest BCUT2D eigenvalue weighted by atomic mass is 10.1. The van der Waals surface area contributed by atoms with Crippen LogP contribution >= 0.6 is 0 Å². The molecular formula is C16H13FO4. The summed E-state index contributed by atoms with van der Waals surface area (Å²) in [5, 5.41) is 9.59. The van der Waals surface area contributed by atoms with Crippen LogP contribution in [-0.2, 0) is 4.74 Å². The lowest BCUT2D eigenvalue weighted by Gasteiger charge is -2.06. The van der Waals surface area contributed by atoms with E-state index in [4.69, 9.17) is 4.74 Å². The Bertz CT molecular complexity index is 677. The third kappa shape index (κ3) is 3.66. The molecule has 0 aliphatic rings. The second-order valence-electron chi connectivity index (χ2n) is 4.53. The molecule has 2 aromatic rings. The van der Waals surface area contributed by atoms with E-state index in [2.05, 4.69) is 0 Å². The van der Waals surface area contributed by atoms with E-state index in [-0.39, 0.29) is 16.9 Å². The zero-order valence-electron chi connectivity index (χ0n) is 11.3. The summed E-state index contributed by atoms with van der Waals surface area (Å²) in [6.07, 6.45) is 0. The van der Waals surface area contributed by atoms with Gasteiger partial charge in [-0.2, -0.15) is 0 Å². The van der Waals surface area contributed by atoms with E-state index in [1.54, 1.807) is 13.0 Å². The summed E-state index contributed by atoms with van der Waals surface area (Å²) in [6.45, 7) is 1.29. The highest BCUT2D eigenvalue weighted by atomic mass is 19.1. The van der Waals surface area contributed by atoms with Crippen molar-refractivity contribution in [3.63, 3.8) is 0 Å². The van der Waals surface area contributed by atoms with Crippen molar-refractivity contribution in [2.45, 2.75) is 6.92 Å². The van der Waals surface area contributed by atoms with Gasteiger partial charge < -0.3 is 9.84 Å². The molecule has 0 fully saturated rings. The smallest absolute Gasteiger partial charge is 0.342 e. The number of rotatable bonds is 4. The van der Waals surface area contributed by atoms with Gasteiger partial charge in [0.1, 0.15) is 17.1 Å². The van der Waals surface area contributed by atoms with Gasteiger partial charge in [0.2, 0.25) is 0 Å². The maximum atomic E-state index is 12.7. The van der Waals surface area contributed by atoms with Crippen LogP contribution in [0.2, 0.25) is 0 Å². The number of aromatic hydroxyl groups is 1. The number of aryl methyl sites for hydroxylation is 1. The number of ketones is 1. The van der Waals surface area contributed by atoms with Crippen molar-refractivity contribution in [1.82, 2.24) is 0 Å². The van der Waals surface area contributed by atoms with Crippen LogP contribution in [0.25, 0.3) is 0 Å². The maximum absolute atomic E-state index is 12.7. The number of esters is 1. The molecule has 1 N–H and O–H groups in total. The van der Waals surface area contributed by atoms with Gasteiger partial charge in [-0.15, -0.1) is 0 Å². The van der Waals surface area contributed by atoms with E-state index < -0.39 is 24.2 Å². The molecule has 21 heavy (non-hydrogen) atoms. The predicted molar refractivity (Wildman–Crippen MR) is 73.9 cm³/mol. The molecule has 0 aliphatic carbocycles. The van der Waals surface area contributed by atoms with Gasteiger partial charge in [0, 0.05) is 5.56 Å². The normalized spacial score (nSPS) is 10.2. The van der Waals surface area contributed by atoms with Crippen molar-refractivity contribution >= 4 is 11.8 Å². The van der Waals surface area contributed by atoms with Crippen molar-refractivity contribution in [3.05, 3.63) is 65.0 Å². The molecule has 5 heteroatoms. The quantitative estimate of drug-likeness (QED) is 0.694. The van der Waals surface area contributed by atoms with Gasteiger partial charge in [-0.3, -0.25) is 4.79 Å². The Morgan fingerprint density at radius 2 is 1.81 bits per heavy atom. The first-order valence-corrected chi connectivity index (χ1v) is 6.23. The van der Waals surface area contributed by atoms with Crippen LogP contribution in [0.4, 0.5) is 4.39 Å². The van der Waals surface area contributed by atoms with Gasteiger partial charge in [-0.05, 0) is 43.3 Å². The van der Waals surface area contributed by atoms with E-state index >= 15 is 0 Å². The van der Waals surface area contributed by atoms with Gasteiger partial charge in [0.25, 0.3) is 0 Å². The molecule has 0 heterocycles. The minimum atomic E-state index is -0.785. The first-order chi connectivity index (χ1) is 9.97. The summed E-state index contributed by atoms with van der Waals surface area (Å²) in [6, 6.07) is 9.44. The van der Waals surface area contributed by atoms with E-state index in [1.807, 2.05) is 0 Å². The molecule has 0 aromatic heterocycles. The summed E-state index contributed by atoms with van der Waals surface area (Å²) >= 11 is 0. The molecule has 4 nitrogen and oxygen atoms in total. The first kappa shape index (κ1) is 14.7. The van der Waals surface area contributed by atoms with Crippen LogP contribution < -0.4 is 0 Å². The Labute approximate surface area is 120 Å². The maximum Gasteiger partial charge on any atom is 0.342 e. The lowest BCUT2D eigenvalue weighted by Crippen LogP contribution is -2.14. The molecule has 2 aromatic carbocycles. The fraction of sp³-hybridized carbons (Fsp3) is 0.125. The van der Waals surface area contributed by atoms with E-state index in [9.17, 15) is 19.1 Å². The summed E-state index contributed by atoms with van der Waals surface area (Å²) in [7, 11) is 0. The molecule has 0 saturated carbocycles. The summed E-state index contributed by atoms with van der Waals surface area (Å²) in [5.41, 5.74) is 1.03. The summed E-state index contributed by atoms with van der Waals surface area (Å²) in [4.78, 5) is 23.6. The molecule has 0 aliphatic heterocycles. The van der Waals surface area contributed by atoms with Gasteiger partial charge in [-0.1, -0.05) is 11.6 Å².